The zero-order valence-electron chi connectivity index (χ0n) is 17.1. The Kier molecular flexibility index (Phi) is 3.67. The van der Waals surface area contributed by atoms with Gasteiger partial charge in [0.15, 0.2) is 0 Å². The van der Waals surface area contributed by atoms with E-state index in [1.54, 1.807) is 0 Å². The fourth-order valence-corrected chi connectivity index (χ4v) is 5.24. The van der Waals surface area contributed by atoms with E-state index in [9.17, 15) is 0 Å². The Morgan fingerprint density at radius 2 is 1.06 bits per heavy atom. The van der Waals surface area contributed by atoms with Gasteiger partial charge in [-0.2, -0.15) is 0 Å². The summed E-state index contributed by atoms with van der Waals surface area (Å²) in [5, 5.41) is 10.5. The van der Waals surface area contributed by atoms with Gasteiger partial charge in [0.1, 0.15) is 11.2 Å². The Balaban J connectivity index is 1.58. The van der Waals surface area contributed by atoms with E-state index in [1.807, 2.05) is 18.2 Å². The van der Waals surface area contributed by atoms with E-state index in [0.29, 0.717) is 5.02 Å². The number of hydrogen-bond acceptors (Lipinski definition) is 1. The molecule has 1 nitrogen and oxygen atoms in total. The van der Waals surface area contributed by atoms with Crippen LogP contribution in [-0.4, -0.2) is 0 Å². The Labute approximate surface area is 189 Å². The number of benzene rings is 6. The zero-order chi connectivity index (χ0) is 21.2. The second-order valence-electron chi connectivity index (χ2n) is 8.28. The average molecular weight is 429 g/mol. The maximum absolute atomic E-state index is 6.30. The molecule has 7 aromatic rings. The number of hydrogen-bond donors (Lipinski definition) is 0. The molecule has 6 aromatic carbocycles. The van der Waals surface area contributed by atoms with Crippen molar-refractivity contribution in [3.63, 3.8) is 0 Å². The first-order chi connectivity index (χ1) is 15.8. The lowest BCUT2D eigenvalue weighted by atomic mass is 9.92. The normalized spacial score (nSPS) is 11.9. The topological polar surface area (TPSA) is 13.1 Å². The lowest BCUT2D eigenvalue weighted by Crippen LogP contribution is -1.85. The Morgan fingerprint density at radius 3 is 1.78 bits per heavy atom. The molecule has 0 N–H and O–H groups in total. The highest BCUT2D eigenvalue weighted by atomic mass is 35.5. The number of para-hydroxylation sites is 1. The first-order valence-electron chi connectivity index (χ1n) is 10.7. The van der Waals surface area contributed by atoms with E-state index >= 15 is 0 Å². The minimum absolute atomic E-state index is 0.683. The standard InChI is InChI=1S/C30H17ClO/c31-19-13-15-26-27-11-5-10-20(30(27)32-29(26)17-19)18-12-14-25-23-8-2-1-6-21(23)22-7-3-4-9-24(22)28(25)16-18/h1-17H. The van der Waals surface area contributed by atoms with Gasteiger partial charge in [0.25, 0.3) is 0 Å². The Morgan fingerprint density at radius 1 is 0.469 bits per heavy atom. The van der Waals surface area contributed by atoms with Crippen LogP contribution in [0.25, 0.3) is 65.4 Å². The van der Waals surface area contributed by atoms with E-state index in [1.165, 1.54) is 32.3 Å². The highest BCUT2D eigenvalue weighted by Crippen LogP contribution is 2.40. The Bertz CT molecular complexity index is 1810. The first-order valence-corrected chi connectivity index (χ1v) is 11.1. The van der Waals surface area contributed by atoms with E-state index in [0.717, 1.165) is 33.1 Å². The van der Waals surface area contributed by atoms with Crippen LogP contribution in [0.5, 0.6) is 0 Å². The van der Waals surface area contributed by atoms with E-state index in [2.05, 4.69) is 84.9 Å². The zero-order valence-corrected chi connectivity index (χ0v) is 17.9. The third-order valence-corrected chi connectivity index (χ3v) is 6.75. The lowest BCUT2D eigenvalue weighted by Gasteiger charge is -2.12. The van der Waals surface area contributed by atoms with Gasteiger partial charge in [-0.15, -0.1) is 0 Å². The van der Waals surface area contributed by atoms with Gasteiger partial charge < -0.3 is 4.42 Å². The second-order valence-corrected chi connectivity index (χ2v) is 8.71. The van der Waals surface area contributed by atoms with Crippen molar-refractivity contribution in [2.24, 2.45) is 0 Å². The molecule has 1 aromatic heterocycles. The number of halogens is 1. The van der Waals surface area contributed by atoms with Gasteiger partial charge in [0, 0.05) is 27.4 Å². The molecular weight excluding hydrogens is 412 g/mol. The summed E-state index contributed by atoms with van der Waals surface area (Å²) in [6.45, 7) is 0. The maximum Gasteiger partial charge on any atom is 0.143 e. The third-order valence-electron chi connectivity index (χ3n) is 6.52. The van der Waals surface area contributed by atoms with Crippen molar-refractivity contribution in [3.05, 3.63) is 108 Å². The van der Waals surface area contributed by atoms with Gasteiger partial charge in [0.05, 0.1) is 0 Å². The number of fused-ring (bicyclic) bond motifs is 9. The molecule has 0 atom stereocenters. The third kappa shape index (κ3) is 2.46. The SMILES string of the molecule is Clc1ccc2c(c1)oc1c(-c3ccc4c5ccccc5c5ccccc5c4c3)cccc12. The predicted octanol–water partition coefficient (Wildman–Crippen LogP) is 9.37. The Hall–Kier alpha value is -3.81. The number of furan rings is 1. The summed E-state index contributed by atoms with van der Waals surface area (Å²) in [7, 11) is 0. The molecule has 0 saturated heterocycles. The summed E-state index contributed by atoms with van der Waals surface area (Å²) >= 11 is 6.21. The van der Waals surface area contributed by atoms with Crippen molar-refractivity contribution in [2.45, 2.75) is 0 Å². The molecule has 0 saturated carbocycles. The molecule has 7 rings (SSSR count). The summed E-state index contributed by atoms with van der Waals surface area (Å²) in [6, 6.07) is 36.3. The van der Waals surface area contributed by atoms with Crippen LogP contribution in [0, 0.1) is 0 Å². The molecule has 1 heterocycles. The number of rotatable bonds is 1. The molecule has 0 unspecified atom stereocenters. The van der Waals surface area contributed by atoms with Crippen LogP contribution in [0.2, 0.25) is 5.02 Å². The van der Waals surface area contributed by atoms with Gasteiger partial charge in [-0.3, -0.25) is 0 Å². The van der Waals surface area contributed by atoms with Gasteiger partial charge in [-0.25, -0.2) is 0 Å². The molecule has 0 aliphatic rings. The van der Waals surface area contributed by atoms with Gasteiger partial charge >= 0.3 is 0 Å². The van der Waals surface area contributed by atoms with Crippen molar-refractivity contribution in [3.8, 4) is 11.1 Å². The van der Waals surface area contributed by atoms with E-state index in [4.69, 9.17) is 16.0 Å². The van der Waals surface area contributed by atoms with Crippen LogP contribution in [0.15, 0.2) is 108 Å². The van der Waals surface area contributed by atoms with Crippen molar-refractivity contribution in [1.82, 2.24) is 0 Å². The largest absolute Gasteiger partial charge is 0.455 e. The molecule has 0 aliphatic carbocycles. The minimum atomic E-state index is 0.683. The molecular formula is C30H17ClO. The quantitative estimate of drug-likeness (QED) is 0.237. The molecule has 0 spiro atoms. The molecule has 150 valence electrons. The van der Waals surface area contributed by atoms with E-state index < -0.39 is 0 Å². The molecule has 0 aliphatic heterocycles. The smallest absolute Gasteiger partial charge is 0.143 e. The predicted molar refractivity (Wildman–Crippen MR) is 137 cm³/mol. The highest BCUT2D eigenvalue weighted by molar-refractivity contribution is 6.31. The summed E-state index contributed by atoms with van der Waals surface area (Å²) in [4.78, 5) is 0. The van der Waals surface area contributed by atoms with Crippen molar-refractivity contribution < 1.29 is 4.42 Å². The van der Waals surface area contributed by atoms with Crippen LogP contribution in [0.4, 0.5) is 0 Å². The summed E-state index contributed by atoms with van der Waals surface area (Å²) in [5.41, 5.74) is 3.95. The second kappa shape index (κ2) is 6.59. The molecule has 32 heavy (non-hydrogen) atoms. The maximum atomic E-state index is 6.30. The summed E-state index contributed by atoms with van der Waals surface area (Å²) < 4.78 is 6.30. The molecule has 0 bridgehead atoms. The van der Waals surface area contributed by atoms with Crippen LogP contribution in [-0.2, 0) is 0 Å². The summed E-state index contributed by atoms with van der Waals surface area (Å²) in [6.07, 6.45) is 0. The van der Waals surface area contributed by atoms with Crippen LogP contribution < -0.4 is 0 Å². The van der Waals surface area contributed by atoms with Crippen LogP contribution >= 0.6 is 11.6 Å². The van der Waals surface area contributed by atoms with Crippen molar-refractivity contribution >= 4 is 65.9 Å². The van der Waals surface area contributed by atoms with Crippen molar-refractivity contribution in [2.75, 3.05) is 0 Å². The average Bonchev–Trinajstić information content (AvgIpc) is 3.21. The van der Waals surface area contributed by atoms with Gasteiger partial charge in [0.2, 0.25) is 0 Å². The molecule has 2 heteroatoms. The molecule has 0 fully saturated rings. The lowest BCUT2D eigenvalue weighted by molar-refractivity contribution is 0.670. The van der Waals surface area contributed by atoms with Gasteiger partial charge in [-0.05, 0) is 56.1 Å². The van der Waals surface area contributed by atoms with E-state index in [-0.39, 0.29) is 0 Å². The fourth-order valence-electron chi connectivity index (χ4n) is 5.07. The van der Waals surface area contributed by atoms with Crippen LogP contribution in [0.1, 0.15) is 0 Å². The molecule has 0 radical (unpaired) electrons. The molecule has 0 amide bonds. The fraction of sp³-hybridized carbons (Fsp3) is 0. The van der Waals surface area contributed by atoms with Crippen molar-refractivity contribution in [1.29, 1.82) is 0 Å². The highest BCUT2D eigenvalue weighted by Gasteiger charge is 2.14. The minimum Gasteiger partial charge on any atom is -0.455 e. The van der Waals surface area contributed by atoms with Gasteiger partial charge in [-0.1, -0.05) is 90.5 Å². The summed E-state index contributed by atoms with van der Waals surface area (Å²) in [5.74, 6) is 0. The monoisotopic (exact) mass is 428 g/mol. The first kappa shape index (κ1) is 17.8. The van der Waals surface area contributed by atoms with Crippen LogP contribution in [0.3, 0.4) is 0 Å².